The van der Waals surface area contributed by atoms with Crippen LogP contribution in [0.4, 0.5) is 5.69 Å². The van der Waals surface area contributed by atoms with Gasteiger partial charge in [0.15, 0.2) is 0 Å². The first-order valence-corrected chi connectivity index (χ1v) is 22.6. The Bertz CT molecular complexity index is 3560. The van der Waals surface area contributed by atoms with E-state index in [0.29, 0.717) is 0 Å². The number of hydrogen-bond acceptors (Lipinski definition) is 2. The van der Waals surface area contributed by atoms with Crippen LogP contribution in [0.2, 0.25) is 0 Å². The van der Waals surface area contributed by atoms with Gasteiger partial charge >= 0.3 is 0 Å². The number of rotatable bonds is 6. The molecular weight excluding hydrogens is 775 g/mol. The lowest BCUT2D eigenvalue weighted by Gasteiger charge is -2.35. The van der Waals surface area contributed by atoms with Crippen molar-refractivity contribution >= 4 is 50.0 Å². The molecule has 1 heterocycles. The topological polar surface area (TPSA) is 16.4 Å². The van der Waals surface area contributed by atoms with E-state index in [1.54, 1.807) is 0 Å². The Kier molecular flexibility index (Phi) is 7.88. The van der Waals surface area contributed by atoms with Gasteiger partial charge in [0.1, 0.15) is 11.2 Å². The number of hydrogen-bond donors (Lipinski definition) is 0. The second-order valence-corrected chi connectivity index (χ2v) is 18.3. The van der Waals surface area contributed by atoms with Crippen molar-refractivity contribution in [3.8, 4) is 22.3 Å². The summed E-state index contributed by atoms with van der Waals surface area (Å²) in [4.78, 5) is 2.53. The van der Waals surface area contributed by atoms with Crippen LogP contribution < -0.4 is 4.90 Å². The summed E-state index contributed by atoms with van der Waals surface area (Å²) in [5, 5.41) is 4.58. The van der Waals surface area contributed by atoms with E-state index in [1.807, 2.05) is 0 Å². The number of anilines is 1. The lowest BCUT2D eigenvalue weighted by Crippen LogP contribution is -2.27. The molecular formula is C62H45NO. The molecule has 4 aliphatic carbocycles. The molecule has 0 aliphatic heterocycles. The van der Waals surface area contributed by atoms with Gasteiger partial charge in [-0.2, -0.15) is 0 Å². The quantitative estimate of drug-likeness (QED) is 0.155. The van der Waals surface area contributed by atoms with E-state index in [2.05, 4.69) is 226 Å². The first kappa shape index (κ1) is 36.9. The lowest BCUT2D eigenvalue weighted by molar-refractivity contribution is 0.653. The first-order chi connectivity index (χ1) is 31.4. The smallest absolute Gasteiger partial charge is 0.143 e. The average molecular weight is 820 g/mol. The highest BCUT2D eigenvalue weighted by Gasteiger charge is 2.51. The van der Waals surface area contributed by atoms with E-state index in [4.69, 9.17) is 4.42 Å². The second kappa shape index (κ2) is 13.7. The van der Waals surface area contributed by atoms with Gasteiger partial charge in [0.25, 0.3) is 0 Å². The molecule has 0 bridgehead atoms. The van der Waals surface area contributed by atoms with Crippen LogP contribution in [0.1, 0.15) is 65.6 Å². The van der Waals surface area contributed by atoms with Crippen molar-refractivity contribution in [2.75, 3.05) is 4.90 Å². The molecule has 304 valence electrons. The Morgan fingerprint density at radius 3 is 1.98 bits per heavy atom. The summed E-state index contributed by atoms with van der Waals surface area (Å²) in [6, 6.07) is 62.9. The summed E-state index contributed by atoms with van der Waals surface area (Å²) in [6.07, 6.45) is 13.3. The molecule has 2 nitrogen and oxygen atoms in total. The predicted molar refractivity (Wildman–Crippen MR) is 267 cm³/mol. The standard InChI is InChI=1S/C62H45NO/c1-4-43(37-42-35-41-18-6-12-24-53(41)61(42,2)3)63(58-28-16-11-19-45(58)40-30-34-59-52(36-40)51-32-29-39-17-5-7-20-46(39)60(51)64-59)44-31-33-50-49-23-10-15-27-56(49)62(57(50)38-44)54-25-13-8-21-47(54)48-22-9-14-26-55(48)62/h4-15,17-27,29-38H,1,16,28H2,2-3H3/b43-37+. The molecule has 64 heavy (non-hydrogen) atoms. The fourth-order valence-electron chi connectivity index (χ4n) is 11.8. The van der Waals surface area contributed by atoms with Crippen LogP contribution in [-0.2, 0) is 10.8 Å². The van der Waals surface area contributed by atoms with Gasteiger partial charge in [0.05, 0.1) is 5.41 Å². The van der Waals surface area contributed by atoms with Crippen LogP contribution in [-0.4, -0.2) is 0 Å². The number of benzene rings is 8. The molecule has 0 unspecified atom stereocenters. The minimum Gasteiger partial charge on any atom is -0.455 e. The molecule has 1 aromatic heterocycles. The number of nitrogens with zero attached hydrogens (tertiary/aromatic N) is 1. The summed E-state index contributed by atoms with van der Waals surface area (Å²) < 4.78 is 6.62. The fraction of sp³-hybridized carbons (Fsp3) is 0.0968. The van der Waals surface area contributed by atoms with Crippen LogP contribution in [0.25, 0.3) is 66.6 Å². The van der Waals surface area contributed by atoms with Crippen molar-refractivity contribution in [2.24, 2.45) is 0 Å². The molecule has 4 aliphatic rings. The van der Waals surface area contributed by atoms with Crippen LogP contribution in [0.5, 0.6) is 0 Å². The molecule has 1 spiro atoms. The molecule has 9 aromatic rings. The molecule has 0 fully saturated rings. The maximum Gasteiger partial charge on any atom is 0.143 e. The number of furan rings is 1. The van der Waals surface area contributed by atoms with E-state index >= 15 is 0 Å². The van der Waals surface area contributed by atoms with E-state index in [9.17, 15) is 0 Å². The fourth-order valence-corrected chi connectivity index (χ4v) is 11.8. The van der Waals surface area contributed by atoms with Gasteiger partial charge in [-0.1, -0.05) is 178 Å². The Labute approximate surface area is 374 Å². The SMILES string of the molecule is C=C/C(=C\C1=Cc2ccccc2C1(C)C)N(C1=C(c2ccc3oc4c5ccccc5ccc4c3c2)C=CCC1)c1ccc2c(c1)C1(c3ccccc3-c3ccccc31)c1ccccc1-2. The van der Waals surface area contributed by atoms with Crippen LogP contribution in [0, 0.1) is 0 Å². The zero-order valence-electron chi connectivity index (χ0n) is 36.0. The van der Waals surface area contributed by atoms with Gasteiger partial charge < -0.3 is 9.32 Å². The normalized spacial score (nSPS) is 16.2. The molecule has 8 aromatic carbocycles. The number of fused-ring (bicyclic) bond motifs is 16. The van der Waals surface area contributed by atoms with Gasteiger partial charge in [-0.15, -0.1) is 0 Å². The minimum absolute atomic E-state index is 0.182. The molecule has 0 radical (unpaired) electrons. The van der Waals surface area contributed by atoms with Crippen molar-refractivity contribution in [1.29, 1.82) is 0 Å². The largest absolute Gasteiger partial charge is 0.455 e. The van der Waals surface area contributed by atoms with Crippen molar-refractivity contribution in [3.63, 3.8) is 0 Å². The van der Waals surface area contributed by atoms with E-state index in [0.717, 1.165) is 51.6 Å². The van der Waals surface area contributed by atoms with Crippen molar-refractivity contribution in [3.05, 3.63) is 257 Å². The maximum absolute atomic E-state index is 6.62. The maximum atomic E-state index is 6.62. The molecule has 0 saturated heterocycles. The highest BCUT2D eigenvalue weighted by atomic mass is 16.3. The van der Waals surface area contributed by atoms with E-state index in [-0.39, 0.29) is 5.41 Å². The minimum atomic E-state index is -0.461. The molecule has 0 amide bonds. The third-order valence-electron chi connectivity index (χ3n) is 14.8. The van der Waals surface area contributed by atoms with Gasteiger partial charge in [-0.05, 0) is 127 Å². The third-order valence-corrected chi connectivity index (χ3v) is 14.8. The van der Waals surface area contributed by atoms with Crippen LogP contribution >= 0.6 is 0 Å². The summed E-state index contributed by atoms with van der Waals surface area (Å²) in [5.41, 5.74) is 21.4. The van der Waals surface area contributed by atoms with Crippen LogP contribution in [0.15, 0.2) is 222 Å². The molecule has 2 heteroatoms. The van der Waals surface area contributed by atoms with Gasteiger partial charge in [0.2, 0.25) is 0 Å². The third kappa shape index (κ3) is 5.02. The van der Waals surface area contributed by atoms with Gasteiger partial charge in [-0.25, -0.2) is 0 Å². The van der Waals surface area contributed by atoms with Crippen LogP contribution in [0.3, 0.4) is 0 Å². The Hall–Kier alpha value is -7.68. The highest BCUT2D eigenvalue weighted by molar-refractivity contribution is 6.15. The van der Waals surface area contributed by atoms with E-state index < -0.39 is 5.41 Å². The van der Waals surface area contributed by atoms with E-state index in [1.165, 1.54) is 83.4 Å². The van der Waals surface area contributed by atoms with Crippen molar-refractivity contribution < 1.29 is 4.42 Å². The summed E-state index contributed by atoms with van der Waals surface area (Å²) in [5.74, 6) is 0. The molecule has 0 atom stereocenters. The van der Waals surface area contributed by atoms with Gasteiger partial charge in [-0.3, -0.25) is 0 Å². The summed E-state index contributed by atoms with van der Waals surface area (Å²) in [6.45, 7) is 9.27. The monoisotopic (exact) mass is 819 g/mol. The lowest BCUT2D eigenvalue weighted by atomic mass is 9.70. The Morgan fingerprint density at radius 1 is 0.609 bits per heavy atom. The average Bonchev–Trinajstić information content (AvgIpc) is 4.04. The van der Waals surface area contributed by atoms with Gasteiger partial charge in [0, 0.05) is 44.2 Å². The zero-order valence-corrected chi connectivity index (χ0v) is 36.0. The van der Waals surface area contributed by atoms with Crippen molar-refractivity contribution in [2.45, 2.75) is 37.5 Å². The highest BCUT2D eigenvalue weighted by Crippen LogP contribution is 2.63. The van der Waals surface area contributed by atoms with Crippen molar-refractivity contribution in [1.82, 2.24) is 0 Å². The predicted octanol–water partition coefficient (Wildman–Crippen LogP) is 16.1. The summed E-state index contributed by atoms with van der Waals surface area (Å²) >= 11 is 0. The zero-order chi connectivity index (χ0) is 42.7. The summed E-state index contributed by atoms with van der Waals surface area (Å²) in [7, 11) is 0. The Morgan fingerprint density at radius 2 is 1.27 bits per heavy atom. The Balaban J connectivity index is 1.06. The number of allylic oxidation sites excluding steroid dienone is 7. The first-order valence-electron chi connectivity index (χ1n) is 22.6. The molecule has 13 rings (SSSR count). The molecule has 0 N–H and O–H groups in total. The molecule has 0 saturated carbocycles. The second-order valence-electron chi connectivity index (χ2n) is 18.3.